The fourth-order valence-corrected chi connectivity index (χ4v) is 2.27. The minimum atomic E-state index is -0.941. The molecule has 1 aromatic heterocycles. The first kappa shape index (κ1) is 16.0. The van der Waals surface area contributed by atoms with Gasteiger partial charge in [-0.2, -0.15) is 0 Å². The molecule has 22 heavy (non-hydrogen) atoms. The van der Waals surface area contributed by atoms with E-state index >= 15 is 0 Å². The second kappa shape index (κ2) is 8.14. The molecule has 0 unspecified atom stereocenters. The number of pyridine rings is 1. The van der Waals surface area contributed by atoms with Crippen molar-refractivity contribution in [1.29, 1.82) is 0 Å². The average Bonchev–Trinajstić information content (AvgIpc) is 2.53. The summed E-state index contributed by atoms with van der Waals surface area (Å²) in [6.07, 6.45) is 1.93. The van der Waals surface area contributed by atoms with Gasteiger partial charge in [-0.15, -0.1) is 0 Å². The molecule has 5 heteroatoms. The van der Waals surface area contributed by atoms with Crippen molar-refractivity contribution < 1.29 is 15.0 Å². The first-order valence-corrected chi connectivity index (χ1v) is 7.25. The maximum Gasteiger partial charge on any atom is 0.407 e. The lowest BCUT2D eigenvalue weighted by atomic mass is 10.1. The predicted octanol–water partition coefficient (Wildman–Crippen LogP) is 2.34. The molecule has 1 aromatic carbocycles. The number of nitrogens with zero attached hydrogens (tertiary/aromatic N) is 2. The highest BCUT2D eigenvalue weighted by molar-refractivity contribution is 5.65. The number of rotatable bonds is 7. The van der Waals surface area contributed by atoms with Crippen LogP contribution in [0, 0.1) is 0 Å². The van der Waals surface area contributed by atoms with Gasteiger partial charge in [0.1, 0.15) is 0 Å². The SMILES string of the molecule is O=C(O)N(CCc1ccccn1)Cc1cccc(CCO)c1. The number of benzene rings is 1. The molecule has 2 rings (SSSR count). The van der Waals surface area contributed by atoms with E-state index < -0.39 is 6.09 Å². The van der Waals surface area contributed by atoms with E-state index in [1.165, 1.54) is 4.90 Å². The molecule has 0 saturated heterocycles. The molecule has 1 heterocycles. The fraction of sp³-hybridized carbons (Fsp3) is 0.294. The molecule has 0 aliphatic carbocycles. The number of carbonyl (C=O) groups is 1. The zero-order valence-electron chi connectivity index (χ0n) is 12.4. The molecular weight excluding hydrogens is 280 g/mol. The molecule has 0 atom stereocenters. The minimum absolute atomic E-state index is 0.0891. The molecule has 0 bridgehead atoms. The first-order valence-electron chi connectivity index (χ1n) is 7.25. The van der Waals surface area contributed by atoms with E-state index in [2.05, 4.69) is 4.98 Å². The lowest BCUT2D eigenvalue weighted by molar-refractivity contribution is 0.142. The molecule has 0 saturated carbocycles. The van der Waals surface area contributed by atoms with E-state index in [4.69, 9.17) is 5.11 Å². The van der Waals surface area contributed by atoms with E-state index in [9.17, 15) is 9.90 Å². The third-order valence-corrected chi connectivity index (χ3v) is 3.40. The van der Waals surface area contributed by atoms with Crippen LogP contribution in [-0.2, 0) is 19.4 Å². The monoisotopic (exact) mass is 300 g/mol. The van der Waals surface area contributed by atoms with Crippen molar-refractivity contribution in [3.8, 4) is 0 Å². The van der Waals surface area contributed by atoms with Gasteiger partial charge in [-0.1, -0.05) is 30.3 Å². The van der Waals surface area contributed by atoms with Crippen LogP contribution in [0.2, 0.25) is 0 Å². The third kappa shape index (κ3) is 4.86. The van der Waals surface area contributed by atoms with Crippen LogP contribution in [-0.4, -0.2) is 39.3 Å². The van der Waals surface area contributed by atoms with Crippen molar-refractivity contribution >= 4 is 6.09 Å². The molecule has 2 N–H and O–H groups in total. The topological polar surface area (TPSA) is 73.7 Å². The van der Waals surface area contributed by atoms with Crippen LogP contribution in [0.1, 0.15) is 16.8 Å². The smallest absolute Gasteiger partial charge is 0.407 e. The average molecular weight is 300 g/mol. The van der Waals surface area contributed by atoms with Crippen LogP contribution in [0.15, 0.2) is 48.7 Å². The summed E-state index contributed by atoms with van der Waals surface area (Å²) in [6.45, 7) is 0.823. The Labute approximate surface area is 129 Å². The number of amides is 1. The van der Waals surface area contributed by atoms with Gasteiger partial charge in [0.15, 0.2) is 0 Å². The standard InChI is InChI=1S/C17H20N2O3/c20-11-8-14-4-3-5-15(12-14)13-19(17(21)22)10-7-16-6-1-2-9-18-16/h1-6,9,12,20H,7-8,10-11,13H2,(H,21,22). The van der Waals surface area contributed by atoms with Gasteiger partial charge < -0.3 is 15.1 Å². The summed E-state index contributed by atoms with van der Waals surface area (Å²) in [4.78, 5) is 17.0. The lowest BCUT2D eigenvalue weighted by Gasteiger charge is -2.19. The Morgan fingerprint density at radius 1 is 1.09 bits per heavy atom. The Morgan fingerprint density at radius 2 is 1.91 bits per heavy atom. The summed E-state index contributed by atoms with van der Waals surface area (Å²) in [5, 5.41) is 18.3. The Bertz CT molecular complexity index is 602. The van der Waals surface area contributed by atoms with Crippen molar-refractivity contribution in [3.63, 3.8) is 0 Å². The van der Waals surface area contributed by atoms with E-state index in [-0.39, 0.29) is 6.61 Å². The molecule has 0 fully saturated rings. The minimum Gasteiger partial charge on any atom is -0.465 e. The summed E-state index contributed by atoms with van der Waals surface area (Å²) in [5.74, 6) is 0. The summed E-state index contributed by atoms with van der Waals surface area (Å²) in [5.41, 5.74) is 2.81. The molecule has 5 nitrogen and oxygen atoms in total. The highest BCUT2D eigenvalue weighted by atomic mass is 16.4. The number of aliphatic hydroxyl groups is 1. The Hall–Kier alpha value is -2.40. The van der Waals surface area contributed by atoms with Crippen LogP contribution in [0.5, 0.6) is 0 Å². The predicted molar refractivity (Wildman–Crippen MR) is 83.6 cm³/mol. The summed E-state index contributed by atoms with van der Waals surface area (Å²) in [7, 11) is 0. The summed E-state index contributed by atoms with van der Waals surface area (Å²) >= 11 is 0. The zero-order valence-corrected chi connectivity index (χ0v) is 12.4. The molecule has 2 aromatic rings. The van der Waals surface area contributed by atoms with Gasteiger partial charge in [-0.3, -0.25) is 4.98 Å². The van der Waals surface area contributed by atoms with Crippen LogP contribution in [0.3, 0.4) is 0 Å². The number of aliphatic hydroxyl groups excluding tert-OH is 1. The highest BCUT2D eigenvalue weighted by Gasteiger charge is 2.12. The van der Waals surface area contributed by atoms with E-state index in [1.807, 2.05) is 42.5 Å². The number of carboxylic acid groups (broad SMARTS) is 1. The fourth-order valence-electron chi connectivity index (χ4n) is 2.27. The molecule has 0 aliphatic rings. The third-order valence-electron chi connectivity index (χ3n) is 3.40. The van der Waals surface area contributed by atoms with Crippen LogP contribution in [0.25, 0.3) is 0 Å². The van der Waals surface area contributed by atoms with Crippen molar-refractivity contribution in [1.82, 2.24) is 9.88 Å². The molecular formula is C17H20N2O3. The quantitative estimate of drug-likeness (QED) is 0.823. The maximum absolute atomic E-state index is 11.4. The molecule has 0 aliphatic heterocycles. The van der Waals surface area contributed by atoms with Crippen molar-refractivity contribution in [2.45, 2.75) is 19.4 Å². The van der Waals surface area contributed by atoms with Crippen molar-refractivity contribution in [2.75, 3.05) is 13.2 Å². The van der Waals surface area contributed by atoms with Gasteiger partial charge in [0.2, 0.25) is 0 Å². The van der Waals surface area contributed by atoms with Gasteiger partial charge in [0.05, 0.1) is 0 Å². The van der Waals surface area contributed by atoms with Gasteiger partial charge in [0.25, 0.3) is 0 Å². The second-order valence-electron chi connectivity index (χ2n) is 5.07. The van der Waals surface area contributed by atoms with Gasteiger partial charge >= 0.3 is 6.09 Å². The number of aromatic nitrogens is 1. The van der Waals surface area contributed by atoms with E-state index in [0.29, 0.717) is 25.9 Å². The molecule has 116 valence electrons. The lowest BCUT2D eigenvalue weighted by Crippen LogP contribution is -2.31. The van der Waals surface area contributed by atoms with Crippen molar-refractivity contribution in [3.05, 3.63) is 65.5 Å². The number of hydrogen-bond acceptors (Lipinski definition) is 3. The van der Waals surface area contributed by atoms with Gasteiger partial charge in [-0.25, -0.2) is 4.79 Å². The maximum atomic E-state index is 11.4. The second-order valence-corrected chi connectivity index (χ2v) is 5.07. The largest absolute Gasteiger partial charge is 0.465 e. The van der Waals surface area contributed by atoms with Crippen LogP contribution >= 0.6 is 0 Å². The van der Waals surface area contributed by atoms with Crippen LogP contribution < -0.4 is 0 Å². The van der Waals surface area contributed by atoms with E-state index in [0.717, 1.165) is 16.8 Å². The summed E-state index contributed by atoms with van der Waals surface area (Å²) < 4.78 is 0. The Balaban J connectivity index is 1.99. The van der Waals surface area contributed by atoms with Crippen molar-refractivity contribution in [2.24, 2.45) is 0 Å². The zero-order chi connectivity index (χ0) is 15.8. The van der Waals surface area contributed by atoms with Gasteiger partial charge in [-0.05, 0) is 29.7 Å². The van der Waals surface area contributed by atoms with E-state index in [1.54, 1.807) is 6.20 Å². The Morgan fingerprint density at radius 3 is 2.59 bits per heavy atom. The van der Waals surface area contributed by atoms with Gasteiger partial charge in [0, 0.05) is 38.0 Å². The number of hydrogen-bond donors (Lipinski definition) is 2. The normalized spacial score (nSPS) is 10.4. The highest BCUT2D eigenvalue weighted by Crippen LogP contribution is 2.10. The summed E-state index contributed by atoms with van der Waals surface area (Å²) in [6, 6.07) is 13.3. The first-order chi connectivity index (χ1) is 10.7. The molecule has 1 amide bonds. The molecule has 0 spiro atoms. The molecule has 0 radical (unpaired) electrons. The Kier molecular flexibility index (Phi) is 5.91. The van der Waals surface area contributed by atoms with Crippen LogP contribution in [0.4, 0.5) is 4.79 Å².